The van der Waals surface area contributed by atoms with E-state index in [0.29, 0.717) is 0 Å². The maximum atomic E-state index is 4.36. The largest absolute Gasteiger partial charge is 0.309 e. The van der Waals surface area contributed by atoms with Gasteiger partial charge in [0.1, 0.15) is 0 Å². The fraction of sp³-hybridized carbons (Fsp3) is 0.0556. The van der Waals surface area contributed by atoms with E-state index in [1.807, 2.05) is 18.5 Å². The van der Waals surface area contributed by atoms with Crippen molar-refractivity contribution in [3.63, 3.8) is 0 Å². The molecule has 2 aromatic heterocycles. The maximum Gasteiger partial charge on any atom is 0.0601 e. The van der Waals surface area contributed by atoms with E-state index < -0.39 is 0 Å². The number of hydrogen-bond donors (Lipinski definition) is 0. The van der Waals surface area contributed by atoms with Gasteiger partial charge in [-0.15, -0.1) is 0 Å². The molecule has 0 bridgehead atoms. The Morgan fingerprint density at radius 3 is 2.40 bits per heavy atom. The SMILES string of the molecule is Cc1cncc2c3ccccc3n(-c3ccccc3)c12. The van der Waals surface area contributed by atoms with Gasteiger partial charge in [0.15, 0.2) is 0 Å². The number of rotatable bonds is 1. The highest BCUT2D eigenvalue weighted by atomic mass is 15.0. The summed E-state index contributed by atoms with van der Waals surface area (Å²) in [5.41, 5.74) is 4.85. The molecule has 0 atom stereocenters. The van der Waals surface area contributed by atoms with Gasteiger partial charge in [-0.1, -0.05) is 36.4 Å². The predicted molar refractivity (Wildman–Crippen MR) is 83.3 cm³/mol. The van der Waals surface area contributed by atoms with Crippen molar-refractivity contribution < 1.29 is 0 Å². The summed E-state index contributed by atoms with van der Waals surface area (Å²) in [5, 5.41) is 2.46. The fourth-order valence-electron chi connectivity index (χ4n) is 2.91. The van der Waals surface area contributed by atoms with Gasteiger partial charge in [-0.05, 0) is 30.7 Å². The molecule has 0 fully saturated rings. The summed E-state index contributed by atoms with van der Waals surface area (Å²) in [5.74, 6) is 0. The van der Waals surface area contributed by atoms with Gasteiger partial charge in [0.2, 0.25) is 0 Å². The lowest BCUT2D eigenvalue weighted by molar-refractivity contribution is 1.16. The van der Waals surface area contributed by atoms with Crippen molar-refractivity contribution in [2.75, 3.05) is 0 Å². The number of para-hydroxylation sites is 2. The molecule has 0 saturated heterocycles. The zero-order chi connectivity index (χ0) is 13.5. The fourth-order valence-corrected chi connectivity index (χ4v) is 2.91. The molecule has 0 unspecified atom stereocenters. The molecule has 20 heavy (non-hydrogen) atoms. The van der Waals surface area contributed by atoms with Crippen molar-refractivity contribution in [1.82, 2.24) is 9.55 Å². The zero-order valence-corrected chi connectivity index (χ0v) is 11.2. The van der Waals surface area contributed by atoms with Crippen molar-refractivity contribution in [2.24, 2.45) is 0 Å². The molecule has 0 saturated carbocycles. The van der Waals surface area contributed by atoms with Gasteiger partial charge in [0.05, 0.1) is 11.0 Å². The molecular weight excluding hydrogens is 244 g/mol. The molecule has 96 valence electrons. The van der Waals surface area contributed by atoms with E-state index in [-0.39, 0.29) is 0 Å². The summed E-state index contributed by atoms with van der Waals surface area (Å²) in [6.07, 6.45) is 3.89. The Labute approximate surface area is 117 Å². The quantitative estimate of drug-likeness (QED) is 0.492. The van der Waals surface area contributed by atoms with Gasteiger partial charge < -0.3 is 4.57 Å². The normalized spacial score (nSPS) is 11.2. The minimum Gasteiger partial charge on any atom is -0.309 e. The van der Waals surface area contributed by atoms with Crippen LogP contribution in [0.25, 0.3) is 27.5 Å². The highest BCUT2D eigenvalue weighted by Crippen LogP contribution is 2.32. The number of nitrogens with zero attached hydrogens (tertiary/aromatic N) is 2. The Bertz CT molecular complexity index is 905. The van der Waals surface area contributed by atoms with E-state index in [0.717, 1.165) is 0 Å². The van der Waals surface area contributed by atoms with Crippen LogP contribution in [0.3, 0.4) is 0 Å². The van der Waals surface area contributed by atoms with Gasteiger partial charge in [-0.3, -0.25) is 4.98 Å². The Kier molecular flexibility index (Phi) is 2.36. The second-order valence-corrected chi connectivity index (χ2v) is 5.04. The molecular formula is C18H14N2. The highest BCUT2D eigenvalue weighted by Gasteiger charge is 2.13. The van der Waals surface area contributed by atoms with Crippen LogP contribution in [0.1, 0.15) is 5.56 Å². The van der Waals surface area contributed by atoms with Crippen molar-refractivity contribution in [1.29, 1.82) is 0 Å². The Hall–Kier alpha value is -2.61. The van der Waals surface area contributed by atoms with Crippen LogP contribution in [0.5, 0.6) is 0 Å². The van der Waals surface area contributed by atoms with E-state index >= 15 is 0 Å². The highest BCUT2D eigenvalue weighted by molar-refractivity contribution is 6.09. The molecule has 2 nitrogen and oxygen atoms in total. The third kappa shape index (κ3) is 1.48. The Morgan fingerprint density at radius 1 is 0.800 bits per heavy atom. The van der Waals surface area contributed by atoms with E-state index in [9.17, 15) is 0 Å². The van der Waals surface area contributed by atoms with Crippen LogP contribution < -0.4 is 0 Å². The molecule has 4 rings (SSSR count). The molecule has 0 N–H and O–H groups in total. The second-order valence-electron chi connectivity index (χ2n) is 5.04. The molecule has 0 aliphatic heterocycles. The number of aromatic nitrogens is 2. The van der Waals surface area contributed by atoms with Crippen molar-refractivity contribution in [3.05, 3.63) is 72.6 Å². The topological polar surface area (TPSA) is 17.8 Å². The summed E-state index contributed by atoms with van der Waals surface area (Å²) in [4.78, 5) is 4.36. The van der Waals surface area contributed by atoms with E-state index in [2.05, 4.69) is 65.0 Å². The lowest BCUT2D eigenvalue weighted by Gasteiger charge is -2.08. The molecule has 0 aliphatic rings. The van der Waals surface area contributed by atoms with Crippen LogP contribution in [0.4, 0.5) is 0 Å². The van der Waals surface area contributed by atoms with Crippen LogP contribution in [0, 0.1) is 6.92 Å². The molecule has 2 heteroatoms. The van der Waals surface area contributed by atoms with Crippen molar-refractivity contribution >= 4 is 21.8 Å². The van der Waals surface area contributed by atoms with Crippen LogP contribution >= 0.6 is 0 Å². The first-order chi connectivity index (χ1) is 9.86. The third-order valence-corrected chi connectivity index (χ3v) is 3.77. The van der Waals surface area contributed by atoms with Gasteiger partial charge >= 0.3 is 0 Å². The molecule has 0 radical (unpaired) electrons. The lowest BCUT2D eigenvalue weighted by Crippen LogP contribution is -1.94. The van der Waals surface area contributed by atoms with Crippen molar-refractivity contribution in [3.8, 4) is 5.69 Å². The van der Waals surface area contributed by atoms with E-state index in [1.165, 1.54) is 33.1 Å². The molecule has 0 aliphatic carbocycles. The number of aryl methyl sites for hydroxylation is 1. The van der Waals surface area contributed by atoms with Crippen LogP contribution in [0.15, 0.2) is 67.0 Å². The van der Waals surface area contributed by atoms with Crippen molar-refractivity contribution in [2.45, 2.75) is 6.92 Å². The summed E-state index contributed by atoms with van der Waals surface area (Å²) < 4.78 is 2.32. The number of benzene rings is 2. The predicted octanol–water partition coefficient (Wildman–Crippen LogP) is 4.49. The van der Waals surface area contributed by atoms with Crippen LogP contribution in [-0.4, -0.2) is 9.55 Å². The lowest BCUT2D eigenvalue weighted by atomic mass is 10.2. The standard InChI is InChI=1S/C18H14N2/c1-13-11-19-12-16-15-9-5-6-10-17(15)20(18(13)16)14-7-3-2-4-8-14/h2-12H,1H3. The number of hydrogen-bond acceptors (Lipinski definition) is 1. The number of fused-ring (bicyclic) bond motifs is 3. The smallest absolute Gasteiger partial charge is 0.0601 e. The second kappa shape index (κ2) is 4.20. The summed E-state index contributed by atoms with van der Waals surface area (Å²) in [6.45, 7) is 2.12. The zero-order valence-electron chi connectivity index (χ0n) is 11.2. The molecule has 4 aromatic rings. The summed E-state index contributed by atoms with van der Waals surface area (Å²) >= 11 is 0. The number of pyridine rings is 1. The van der Waals surface area contributed by atoms with E-state index in [4.69, 9.17) is 0 Å². The molecule has 0 amide bonds. The summed E-state index contributed by atoms with van der Waals surface area (Å²) in [6, 6.07) is 19.0. The summed E-state index contributed by atoms with van der Waals surface area (Å²) in [7, 11) is 0. The Morgan fingerprint density at radius 2 is 1.55 bits per heavy atom. The third-order valence-electron chi connectivity index (χ3n) is 3.77. The van der Waals surface area contributed by atoms with Crippen LogP contribution in [0.2, 0.25) is 0 Å². The molecule has 0 spiro atoms. The minimum atomic E-state index is 1.19. The monoisotopic (exact) mass is 258 g/mol. The average molecular weight is 258 g/mol. The van der Waals surface area contributed by atoms with Gasteiger partial charge in [0, 0.05) is 28.9 Å². The van der Waals surface area contributed by atoms with Gasteiger partial charge in [0.25, 0.3) is 0 Å². The first-order valence-corrected chi connectivity index (χ1v) is 6.75. The Balaban J connectivity index is 2.27. The molecule has 2 heterocycles. The van der Waals surface area contributed by atoms with Gasteiger partial charge in [-0.25, -0.2) is 0 Å². The first-order valence-electron chi connectivity index (χ1n) is 6.75. The molecule has 2 aromatic carbocycles. The minimum absolute atomic E-state index is 1.19. The first kappa shape index (κ1) is 11.2. The van der Waals surface area contributed by atoms with Gasteiger partial charge in [-0.2, -0.15) is 0 Å². The maximum absolute atomic E-state index is 4.36. The van der Waals surface area contributed by atoms with E-state index in [1.54, 1.807) is 0 Å². The average Bonchev–Trinajstić information content (AvgIpc) is 2.84. The van der Waals surface area contributed by atoms with Crippen LogP contribution in [-0.2, 0) is 0 Å².